The predicted molar refractivity (Wildman–Crippen MR) is 87.4 cm³/mol. The molecule has 0 aliphatic heterocycles. The van der Waals surface area contributed by atoms with Crippen molar-refractivity contribution >= 4 is 38.8 Å². The summed E-state index contributed by atoms with van der Waals surface area (Å²) in [4.78, 5) is 2.80. The number of hydrogen-bond donors (Lipinski definition) is 1. The standard InChI is InChI=1S/C14H21BrN2S/c1-4-10(3)9-17(5-2)13-8-11(15)6-7-12(13)14(16)18/h6-8,10H,4-5,9H2,1-3H3,(H2,16,18). The van der Waals surface area contributed by atoms with E-state index in [0.29, 0.717) is 10.9 Å². The number of anilines is 1. The van der Waals surface area contributed by atoms with Gasteiger partial charge in [-0.25, -0.2) is 0 Å². The lowest BCUT2D eigenvalue weighted by atomic mass is 10.1. The van der Waals surface area contributed by atoms with E-state index in [1.165, 1.54) is 6.42 Å². The smallest absolute Gasteiger partial charge is 0.106 e. The van der Waals surface area contributed by atoms with E-state index in [1.807, 2.05) is 12.1 Å². The van der Waals surface area contributed by atoms with E-state index in [1.54, 1.807) is 0 Å². The maximum atomic E-state index is 5.81. The largest absolute Gasteiger partial charge is 0.389 e. The molecule has 1 unspecified atom stereocenters. The van der Waals surface area contributed by atoms with Crippen LogP contribution >= 0.6 is 28.1 Å². The van der Waals surface area contributed by atoms with Crippen molar-refractivity contribution in [2.24, 2.45) is 11.7 Å². The second kappa shape index (κ2) is 7.10. The molecule has 0 fully saturated rings. The summed E-state index contributed by atoms with van der Waals surface area (Å²) in [5, 5.41) is 0. The van der Waals surface area contributed by atoms with Crippen molar-refractivity contribution in [1.82, 2.24) is 0 Å². The first-order valence-electron chi connectivity index (χ1n) is 6.33. The van der Waals surface area contributed by atoms with Gasteiger partial charge in [0.05, 0.1) is 0 Å². The summed E-state index contributed by atoms with van der Waals surface area (Å²) in [6.45, 7) is 8.62. The Bertz CT molecular complexity index is 420. The van der Waals surface area contributed by atoms with Crippen LogP contribution in [0.3, 0.4) is 0 Å². The van der Waals surface area contributed by atoms with E-state index in [-0.39, 0.29) is 0 Å². The van der Waals surface area contributed by atoms with Gasteiger partial charge in [-0.15, -0.1) is 0 Å². The van der Waals surface area contributed by atoms with Gasteiger partial charge in [-0.2, -0.15) is 0 Å². The Kier molecular flexibility index (Phi) is 6.09. The molecule has 2 N–H and O–H groups in total. The molecule has 0 heterocycles. The highest BCUT2D eigenvalue weighted by molar-refractivity contribution is 9.10. The van der Waals surface area contributed by atoms with E-state index >= 15 is 0 Å². The molecule has 0 aliphatic carbocycles. The maximum absolute atomic E-state index is 5.81. The van der Waals surface area contributed by atoms with Crippen LogP contribution in [0.4, 0.5) is 5.69 Å². The minimum atomic E-state index is 0.458. The fraction of sp³-hybridized carbons (Fsp3) is 0.500. The Labute approximate surface area is 124 Å². The first-order valence-corrected chi connectivity index (χ1v) is 7.54. The van der Waals surface area contributed by atoms with Crippen molar-refractivity contribution in [3.8, 4) is 0 Å². The van der Waals surface area contributed by atoms with E-state index in [0.717, 1.165) is 28.8 Å². The van der Waals surface area contributed by atoms with Crippen LogP contribution in [0, 0.1) is 5.92 Å². The Balaban J connectivity index is 3.10. The molecule has 0 aliphatic rings. The first kappa shape index (κ1) is 15.4. The molecular formula is C14H21BrN2S. The van der Waals surface area contributed by atoms with Gasteiger partial charge in [-0.05, 0) is 31.0 Å². The summed E-state index contributed by atoms with van der Waals surface area (Å²) >= 11 is 8.65. The summed E-state index contributed by atoms with van der Waals surface area (Å²) < 4.78 is 1.06. The normalized spacial score (nSPS) is 12.2. The summed E-state index contributed by atoms with van der Waals surface area (Å²) in [6.07, 6.45) is 1.17. The van der Waals surface area contributed by atoms with Crippen molar-refractivity contribution in [2.45, 2.75) is 27.2 Å². The number of nitrogens with two attached hydrogens (primary N) is 1. The number of rotatable bonds is 6. The summed E-state index contributed by atoms with van der Waals surface area (Å²) in [5.41, 5.74) is 7.89. The molecule has 1 aromatic rings. The molecule has 0 amide bonds. The van der Waals surface area contributed by atoms with Crippen molar-refractivity contribution in [1.29, 1.82) is 0 Å². The topological polar surface area (TPSA) is 29.3 Å². The van der Waals surface area contributed by atoms with Crippen molar-refractivity contribution in [2.75, 3.05) is 18.0 Å². The summed E-state index contributed by atoms with van der Waals surface area (Å²) in [5.74, 6) is 0.656. The Morgan fingerprint density at radius 1 is 1.44 bits per heavy atom. The van der Waals surface area contributed by atoms with Crippen LogP contribution in [0.1, 0.15) is 32.8 Å². The molecule has 4 heteroatoms. The third kappa shape index (κ3) is 3.95. The number of thiocarbonyl (C=S) groups is 1. The third-order valence-electron chi connectivity index (χ3n) is 3.18. The SMILES string of the molecule is CCC(C)CN(CC)c1cc(Br)ccc1C(N)=S. The fourth-order valence-corrected chi connectivity index (χ4v) is 2.40. The van der Waals surface area contributed by atoms with Gasteiger partial charge < -0.3 is 10.6 Å². The molecule has 0 saturated heterocycles. The summed E-state index contributed by atoms with van der Waals surface area (Å²) in [6, 6.07) is 6.07. The van der Waals surface area contributed by atoms with Gasteiger partial charge in [0, 0.05) is 28.8 Å². The molecule has 1 aromatic carbocycles. The molecule has 0 aromatic heterocycles. The van der Waals surface area contributed by atoms with Gasteiger partial charge in [0.1, 0.15) is 4.99 Å². The Hall–Kier alpha value is -0.610. The quantitative estimate of drug-likeness (QED) is 0.801. The highest BCUT2D eigenvalue weighted by atomic mass is 79.9. The lowest BCUT2D eigenvalue weighted by Gasteiger charge is -2.28. The average Bonchev–Trinajstić information content (AvgIpc) is 2.35. The molecule has 1 rings (SSSR count). The highest BCUT2D eigenvalue weighted by Crippen LogP contribution is 2.26. The van der Waals surface area contributed by atoms with Gasteiger partial charge in [0.15, 0.2) is 0 Å². The van der Waals surface area contributed by atoms with E-state index < -0.39 is 0 Å². The monoisotopic (exact) mass is 328 g/mol. The van der Waals surface area contributed by atoms with Crippen molar-refractivity contribution in [3.05, 3.63) is 28.2 Å². The van der Waals surface area contributed by atoms with Gasteiger partial charge >= 0.3 is 0 Å². The predicted octanol–water partition coefficient (Wildman–Crippen LogP) is 3.96. The van der Waals surface area contributed by atoms with Crippen LogP contribution in [0.2, 0.25) is 0 Å². The number of hydrogen-bond acceptors (Lipinski definition) is 2. The molecule has 0 bridgehead atoms. The zero-order valence-electron chi connectivity index (χ0n) is 11.2. The Morgan fingerprint density at radius 3 is 2.61 bits per heavy atom. The molecule has 1 atom stereocenters. The van der Waals surface area contributed by atoms with Gasteiger partial charge in [0.25, 0.3) is 0 Å². The van der Waals surface area contributed by atoms with Crippen LogP contribution in [-0.2, 0) is 0 Å². The maximum Gasteiger partial charge on any atom is 0.106 e. The second-order valence-electron chi connectivity index (χ2n) is 4.58. The number of halogens is 1. The molecule has 0 saturated carbocycles. The molecular weight excluding hydrogens is 308 g/mol. The first-order chi connectivity index (χ1) is 8.49. The molecule has 2 nitrogen and oxygen atoms in total. The van der Waals surface area contributed by atoms with Crippen LogP contribution < -0.4 is 10.6 Å². The van der Waals surface area contributed by atoms with Crippen LogP contribution in [0.25, 0.3) is 0 Å². The van der Waals surface area contributed by atoms with Crippen molar-refractivity contribution < 1.29 is 0 Å². The minimum absolute atomic E-state index is 0.458. The molecule has 0 radical (unpaired) electrons. The molecule has 100 valence electrons. The second-order valence-corrected chi connectivity index (χ2v) is 5.93. The summed E-state index contributed by atoms with van der Waals surface area (Å²) in [7, 11) is 0. The zero-order valence-corrected chi connectivity index (χ0v) is 13.6. The van der Waals surface area contributed by atoms with Gasteiger partial charge in [-0.3, -0.25) is 0 Å². The van der Waals surface area contributed by atoms with Gasteiger partial charge in [-0.1, -0.05) is 48.4 Å². The average molecular weight is 329 g/mol. The van der Waals surface area contributed by atoms with Crippen LogP contribution in [-0.4, -0.2) is 18.1 Å². The van der Waals surface area contributed by atoms with E-state index in [4.69, 9.17) is 18.0 Å². The van der Waals surface area contributed by atoms with E-state index in [9.17, 15) is 0 Å². The molecule has 18 heavy (non-hydrogen) atoms. The zero-order chi connectivity index (χ0) is 13.7. The van der Waals surface area contributed by atoms with Crippen LogP contribution in [0.5, 0.6) is 0 Å². The molecule has 0 spiro atoms. The number of benzene rings is 1. The Morgan fingerprint density at radius 2 is 2.11 bits per heavy atom. The lowest BCUT2D eigenvalue weighted by Crippen LogP contribution is -2.30. The third-order valence-corrected chi connectivity index (χ3v) is 3.89. The minimum Gasteiger partial charge on any atom is -0.389 e. The fourth-order valence-electron chi connectivity index (χ4n) is 1.88. The van der Waals surface area contributed by atoms with Crippen LogP contribution in [0.15, 0.2) is 22.7 Å². The lowest BCUT2D eigenvalue weighted by molar-refractivity contribution is 0.548. The van der Waals surface area contributed by atoms with Gasteiger partial charge in [0.2, 0.25) is 0 Å². The highest BCUT2D eigenvalue weighted by Gasteiger charge is 2.14. The van der Waals surface area contributed by atoms with E-state index in [2.05, 4.69) is 47.7 Å². The number of nitrogens with zero attached hydrogens (tertiary/aromatic N) is 1. The van der Waals surface area contributed by atoms with Crippen molar-refractivity contribution in [3.63, 3.8) is 0 Å².